The summed E-state index contributed by atoms with van der Waals surface area (Å²) in [5.74, 6) is 1.80. The van der Waals surface area contributed by atoms with E-state index in [1.165, 1.54) is 24.8 Å². The summed E-state index contributed by atoms with van der Waals surface area (Å²) in [6.07, 6.45) is 5.57. The summed E-state index contributed by atoms with van der Waals surface area (Å²) in [4.78, 5) is 10.4. The van der Waals surface area contributed by atoms with Gasteiger partial charge in [-0.2, -0.15) is 0 Å². The highest BCUT2D eigenvalue weighted by atomic mass is 16.5. The van der Waals surface area contributed by atoms with Gasteiger partial charge in [-0.05, 0) is 49.9 Å². The third-order valence-electron chi connectivity index (χ3n) is 4.54. The van der Waals surface area contributed by atoms with E-state index in [-0.39, 0.29) is 5.97 Å². The topological polar surface area (TPSA) is 26.3 Å². The van der Waals surface area contributed by atoms with E-state index in [9.17, 15) is 4.79 Å². The summed E-state index contributed by atoms with van der Waals surface area (Å²) in [6.45, 7) is 13.2. The second-order valence-electron chi connectivity index (χ2n) is 6.06. The molecule has 18 heavy (non-hydrogen) atoms. The van der Waals surface area contributed by atoms with E-state index in [1.54, 1.807) is 0 Å². The summed E-state index contributed by atoms with van der Waals surface area (Å²) in [5, 5.41) is 0. The summed E-state index contributed by atoms with van der Waals surface area (Å²) < 4.78 is 4.64. The molecule has 0 aromatic heterocycles. The first-order valence-electron chi connectivity index (χ1n) is 7.26. The first kappa shape index (κ1) is 15.3. The number of ether oxygens (including phenoxy) is 1. The lowest BCUT2D eigenvalue weighted by atomic mass is 9.47. The van der Waals surface area contributed by atoms with E-state index in [0.717, 1.165) is 18.3 Å². The lowest BCUT2D eigenvalue weighted by Gasteiger charge is -2.57. The van der Waals surface area contributed by atoms with Crippen LogP contribution in [-0.2, 0) is 9.53 Å². The van der Waals surface area contributed by atoms with E-state index in [2.05, 4.69) is 25.2 Å². The summed E-state index contributed by atoms with van der Waals surface area (Å²) in [5.41, 5.74) is 2.13. The minimum absolute atomic E-state index is 0.0880. The predicted octanol–water partition coefficient (Wildman–Crippen LogP) is 4.35. The third kappa shape index (κ3) is 3.37. The molecule has 2 nitrogen and oxygen atoms in total. The molecular weight excluding hydrogens is 224 g/mol. The molecule has 2 unspecified atom stereocenters. The smallest absolute Gasteiger partial charge is 0.305 e. The van der Waals surface area contributed by atoms with Crippen molar-refractivity contribution >= 4 is 5.97 Å². The van der Waals surface area contributed by atoms with Crippen molar-refractivity contribution in [3.63, 3.8) is 0 Å². The molecule has 2 atom stereocenters. The van der Waals surface area contributed by atoms with Crippen LogP contribution in [0.2, 0.25) is 0 Å². The fourth-order valence-corrected chi connectivity index (χ4v) is 3.17. The maximum Gasteiger partial charge on any atom is 0.305 e. The second kappa shape index (κ2) is 6.40. The number of hydrogen-bond donors (Lipinski definition) is 0. The van der Waals surface area contributed by atoms with Crippen LogP contribution in [0.25, 0.3) is 0 Å². The minimum atomic E-state index is -0.0880. The summed E-state index contributed by atoms with van der Waals surface area (Å²) >= 11 is 0. The number of allylic oxidation sites excluding steroid dienone is 1. The van der Waals surface area contributed by atoms with Gasteiger partial charge in [-0.3, -0.25) is 4.79 Å². The van der Waals surface area contributed by atoms with Crippen LogP contribution in [0.1, 0.15) is 59.8 Å². The van der Waals surface area contributed by atoms with Crippen molar-refractivity contribution in [3.05, 3.63) is 12.2 Å². The van der Waals surface area contributed by atoms with Crippen LogP contribution in [0.15, 0.2) is 12.2 Å². The van der Waals surface area contributed by atoms with Crippen molar-refractivity contribution in [2.45, 2.75) is 59.8 Å². The van der Waals surface area contributed by atoms with Gasteiger partial charge in [0, 0.05) is 6.42 Å². The van der Waals surface area contributed by atoms with Crippen LogP contribution in [-0.4, -0.2) is 12.6 Å². The molecule has 2 bridgehead atoms. The van der Waals surface area contributed by atoms with Gasteiger partial charge in [-0.1, -0.05) is 32.9 Å². The van der Waals surface area contributed by atoms with Crippen molar-refractivity contribution in [3.8, 4) is 0 Å². The standard InChI is InChI=1S/C10H16.C6H12O2/c1-7-4-5-8-6-9(7)10(8,2)3;1-3-5-6(7)8-4-2/h8-9H,1,4-6H2,2-3H3;3-5H2,1-2H3. The maximum atomic E-state index is 10.4. The van der Waals surface area contributed by atoms with Gasteiger partial charge >= 0.3 is 5.97 Å². The molecule has 0 aliphatic heterocycles. The highest BCUT2D eigenvalue weighted by Crippen LogP contribution is 2.60. The molecular formula is C16H28O2. The van der Waals surface area contributed by atoms with Gasteiger partial charge in [-0.15, -0.1) is 0 Å². The van der Waals surface area contributed by atoms with Gasteiger partial charge in [0.15, 0.2) is 0 Å². The normalized spacial score (nSPS) is 27.7. The van der Waals surface area contributed by atoms with E-state index >= 15 is 0 Å². The van der Waals surface area contributed by atoms with Gasteiger partial charge in [0.25, 0.3) is 0 Å². The molecule has 3 rings (SSSR count). The SMILES string of the molecule is C=C1CCC2CC1C2(C)C.CCCC(=O)OCC. The van der Waals surface area contributed by atoms with Crippen molar-refractivity contribution in [1.29, 1.82) is 0 Å². The molecule has 3 fully saturated rings. The lowest BCUT2D eigenvalue weighted by molar-refractivity contribution is -0.143. The summed E-state index contributed by atoms with van der Waals surface area (Å²) in [6, 6.07) is 0. The van der Waals surface area contributed by atoms with Crippen LogP contribution < -0.4 is 0 Å². The van der Waals surface area contributed by atoms with Gasteiger partial charge in [-0.25, -0.2) is 0 Å². The average molecular weight is 252 g/mol. The predicted molar refractivity (Wildman–Crippen MR) is 75.3 cm³/mol. The molecule has 3 aliphatic carbocycles. The zero-order chi connectivity index (χ0) is 13.8. The molecule has 0 heterocycles. The Balaban J connectivity index is 0.000000187. The Kier molecular flexibility index (Phi) is 5.43. The Hall–Kier alpha value is -0.790. The number of carbonyl (C=O) groups excluding carboxylic acids is 1. The quantitative estimate of drug-likeness (QED) is 0.551. The largest absolute Gasteiger partial charge is 0.466 e. The van der Waals surface area contributed by atoms with Crippen LogP contribution in [0.4, 0.5) is 0 Å². The van der Waals surface area contributed by atoms with E-state index in [4.69, 9.17) is 0 Å². The van der Waals surface area contributed by atoms with E-state index < -0.39 is 0 Å². The lowest BCUT2D eigenvalue weighted by Crippen LogP contribution is -2.48. The molecule has 0 saturated heterocycles. The fraction of sp³-hybridized carbons (Fsp3) is 0.812. The number of hydrogen-bond acceptors (Lipinski definition) is 2. The second-order valence-corrected chi connectivity index (χ2v) is 6.06. The Morgan fingerprint density at radius 3 is 2.44 bits per heavy atom. The minimum Gasteiger partial charge on any atom is -0.466 e. The Morgan fingerprint density at radius 2 is 2.11 bits per heavy atom. The van der Waals surface area contributed by atoms with E-state index in [1.807, 2.05) is 13.8 Å². The number of rotatable bonds is 3. The summed E-state index contributed by atoms with van der Waals surface area (Å²) in [7, 11) is 0. The molecule has 0 N–H and O–H groups in total. The zero-order valence-electron chi connectivity index (χ0n) is 12.4. The molecule has 2 heteroatoms. The molecule has 0 amide bonds. The van der Waals surface area contributed by atoms with Crippen LogP contribution in [0.5, 0.6) is 0 Å². The molecule has 104 valence electrons. The van der Waals surface area contributed by atoms with Crippen LogP contribution in [0.3, 0.4) is 0 Å². The van der Waals surface area contributed by atoms with Crippen molar-refractivity contribution < 1.29 is 9.53 Å². The average Bonchev–Trinajstić information content (AvgIpc) is 2.30. The Bertz CT molecular complexity index is 294. The van der Waals surface area contributed by atoms with Gasteiger partial charge < -0.3 is 4.74 Å². The molecule has 3 aliphatic rings. The molecule has 0 aromatic rings. The van der Waals surface area contributed by atoms with Gasteiger partial charge in [0.05, 0.1) is 6.61 Å². The Morgan fingerprint density at radius 1 is 1.44 bits per heavy atom. The fourth-order valence-electron chi connectivity index (χ4n) is 3.17. The van der Waals surface area contributed by atoms with Crippen LogP contribution >= 0.6 is 0 Å². The maximum absolute atomic E-state index is 10.4. The zero-order valence-corrected chi connectivity index (χ0v) is 12.4. The van der Waals surface area contributed by atoms with Crippen molar-refractivity contribution in [1.82, 2.24) is 0 Å². The first-order chi connectivity index (χ1) is 8.43. The molecule has 0 aromatic carbocycles. The molecule has 0 radical (unpaired) electrons. The van der Waals surface area contributed by atoms with E-state index in [0.29, 0.717) is 18.4 Å². The highest BCUT2D eigenvalue weighted by molar-refractivity contribution is 5.69. The Labute approximate surface area is 112 Å². The molecule has 3 saturated carbocycles. The number of esters is 1. The van der Waals surface area contributed by atoms with Gasteiger partial charge in [0.1, 0.15) is 0 Å². The van der Waals surface area contributed by atoms with Crippen molar-refractivity contribution in [2.75, 3.05) is 6.61 Å². The first-order valence-corrected chi connectivity index (χ1v) is 7.26. The number of fused-ring (bicyclic) bond motifs is 2. The molecule has 0 spiro atoms. The number of carbonyl (C=O) groups is 1. The van der Waals surface area contributed by atoms with Gasteiger partial charge in [0.2, 0.25) is 0 Å². The third-order valence-corrected chi connectivity index (χ3v) is 4.54. The highest BCUT2D eigenvalue weighted by Gasteiger charge is 2.51. The van der Waals surface area contributed by atoms with Crippen LogP contribution in [0, 0.1) is 17.3 Å². The monoisotopic (exact) mass is 252 g/mol. The van der Waals surface area contributed by atoms with Crippen molar-refractivity contribution in [2.24, 2.45) is 17.3 Å².